The lowest BCUT2D eigenvalue weighted by molar-refractivity contribution is -0.274. The van der Waals surface area contributed by atoms with E-state index in [0.29, 0.717) is 49.0 Å². The van der Waals surface area contributed by atoms with Gasteiger partial charge in [-0.1, -0.05) is 23.2 Å². The average Bonchev–Trinajstić information content (AvgIpc) is 3.16. The van der Waals surface area contributed by atoms with Crippen LogP contribution in [0.4, 0.5) is 13.2 Å². The lowest BCUT2D eigenvalue weighted by Crippen LogP contribution is -2.39. The number of esters is 1. The van der Waals surface area contributed by atoms with Gasteiger partial charge in [-0.25, -0.2) is 4.98 Å². The van der Waals surface area contributed by atoms with E-state index in [0.717, 1.165) is 10.9 Å². The second-order valence-electron chi connectivity index (χ2n) is 9.39. The van der Waals surface area contributed by atoms with E-state index in [9.17, 15) is 22.8 Å². The van der Waals surface area contributed by atoms with E-state index in [1.54, 1.807) is 29.6 Å². The van der Waals surface area contributed by atoms with Crippen LogP contribution in [0.15, 0.2) is 24.5 Å². The Bertz CT molecular complexity index is 1380. The predicted octanol–water partition coefficient (Wildman–Crippen LogP) is 6.09. The third-order valence-corrected chi connectivity index (χ3v) is 7.53. The van der Waals surface area contributed by atoms with E-state index in [-0.39, 0.29) is 45.7 Å². The highest BCUT2D eigenvalue weighted by molar-refractivity contribution is 6.37. The highest BCUT2D eigenvalue weighted by Gasteiger charge is 2.32. The number of methoxy groups -OCH3 is 1. The zero-order valence-electron chi connectivity index (χ0n) is 21.0. The molecule has 0 bridgehead atoms. The number of ether oxygens (including phenoxy) is 2. The number of rotatable bonds is 6. The molecule has 2 aromatic heterocycles. The lowest BCUT2D eigenvalue weighted by Gasteiger charge is -2.31. The summed E-state index contributed by atoms with van der Waals surface area (Å²) in [5.41, 5.74) is 2.48. The number of fused-ring (bicyclic) bond motifs is 1. The van der Waals surface area contributed by atoms with Crippen molar-refractivity contribution < 1.29 is 32.2 Å². The SMILES string of the molecule is COC(=O)CC1CCN(C(=O)c2ncc(Cl)c(Cc3cn(C)c4cc(OC(F)(F)F)cc(C)c34)c2Cl)CC1. The summed E-state index contributed by atoms with van der Waals surface area (Å²) in [5, 5.41) is 1.15. The first-order valence-electron chi connectivity index (χ1n) is 11.9. The number of hydrogen-bond acceptors (Lipinski definition) is 5. The summed E-state index contributed by atoms with van der Waals surface area (Å²) in [6.07, 6.45) is 0.243. The fraction of sp³-hybridized carbons (Fsp3) is 0.423. The largest absolute Gasteiger partial charge is 0.573 e. The van der Waals surface area contributed by atoms with E-state index >= 15 is 0 Å². The fourth-order valence-electron chi connectivity index (χ4n) is 4.94. The van der Waals surface area contributed by atoms with Gasteiger partial charge in [0.15, 0.2) is 0 Å². The topological polar surface area (TPSA) is 73.7 Å². The van der Waals surface area contributed by atoms with Gasteiger partial charge in [-0.15, -0.1) is 13.2 Å². The maximum absolute atomic E-state index is 13.3. The number of alkyl halides is 3. The van der Waals surface area contributed by atoms with Crippen molar-refractivity contribution in [3.63, 3.8) is 0 Å². The molecular weight excluding hydrogens is 546 g/mol. The molecule has 38 heavy (non-hydrogen) atoms. The molecule has 1 amide bonds. The smallest absolute Gasteiger partial charge is 0.469 e. The summed E-state index contributed by atoms with van der Waals surface area (Å²) in [5.74, 6) is -0.757. The van der Waals surface area contributed by atoms with Gasteiger partial charge in [0.25, 0.3) is 5.91 Å². The second-order valence-corrected chi connectivity index (χ2v) is 10.2. The summed E-state index contributed by atoms with van der Waals surface area (Å²) in [6.45, 7) is 2.62. The van der Waals surface area contributed by atoms with Crippen LogP contribution in [-0.4, -0.2) is 52.9 Å². The third kappa shape index (κ3) is 6.02. The summed E-state index contributed by atoms with van der Waals surface area (Å²) >= 11 is 13.1. The van der Waals surface area contributed by atoms with E-state index in [4.69, 9.17) is 27.9 Å². The van der Waals surface area contributed by atoms with Crippen molar-refractivity contribution in [3.8, 4) is 5.75 Å². The van der Waals surface area contributed by atoms with Crippen molar-refractivity contribution in [1.29, 1.82) is 0 Å². The molecule has 7 nitrogen and oxygen atoms in total. The number of piperidine rings is 1. The molecule has 0 saturated carbocycles. The minimum Gasteiger partial charge on any atom is -0.469 e. The van der Waals surface area contributed by atoms with Crippen LogP contribution < -0.4 is 4.74 Å². The number of benzene rings is 1. The van der Waals surface area contributed by atoms with Crippen LogP contribution in [0.2, 0.25) is 10.0 Å². The quantitative estimate of drug-likeness (QED) is 0.334. The number of amides is 1. The Kier molecular flexibility index (Phi) is 8.13. The molecular formula is C26H26Cl2F3N3O4. The van der Waals surface area contributed by atoms with E-state index in [2.05, 4.69) is 9.72 Å². The summed E-state index contributed by atoms with van der Waals surface area (Å²) in [7, 11) is 3.07. The van der Waals surface area contributed by atoms with Gasteiger partial charge >= 0.3 is 12.3 Å². The van der Waals surface area contributed by atoms with Gasteiger partial charge in [0, 0.05) is 56.8 Å². The Morgan fingerprint density at radius 1 is 1.18 bits per heavy atom. The summed E-state index contributed by atoms with van der Waals surface area (Å²) in [4.78, 5) is 30.7. The van der Waals surface area contributed by atoms with Crippen LogP contribution in [-0.2, 0) is 23.0 Å². The minimum absolute atomic E-state index is 0.0790. The van der Waals surface area contributed by atoms with Gasteiger partial charge in [-0.05, 0) is 48.4 Å². The van der Waals surface area contributed by atoms with Crippen molar-refractivity contribution in [1.82, 2.24) is 14.5 Å². The number of hydrogen-bond donors (Lipinski definition) is 0. The number of aryl methyl sites for hydroxylation is 2. The molecule has 3 heterocycles. The molecule has 1 aliphatic rings. The number of nitrogens with zero attached hydrogens (tertiary/aromatic N) is 3. The van der Waals surface area contributed by atoms with Crippen LogP contribution in [0, 0.1) is 12.8 Å². The third-order valence-electron chi connectivity index (χ3n) is 6.80. The van der Waals surface area contributed by atoms with Crippen molar-refractivity contribution in [3.05, 3.63) is 57.0 Å². The first-order valence-corrected chi connectivity index (χ1v) is 12.7. The normalized spacial score (nSPS) is 14.7. The molecule has 1 aliphatic heterocycles. The van der Waals surface area contributed by atoms with E-state index in [1.807, 2.05) is 0 Å². The number of carbonyl (C=O) groups is 2. The fourth-order valence-corrected chi connectivity index (χ4v) is 5.50. The molecule has 1 fully saturated rings. The van der Waals surface area contributed by atoms with E-state index in [1.165, 1.54) is 25.4 Å². The maximum atomic E-state index is 13.3. The van der Waals surface area contributed by atoms with Crippen molar-refractivity contribution in [2.45, 2.75) is 39.0 Å². The lowest BCUT2D eigenvalue weighted by atomic mass is 9.93. The molecule has 12 heteroatoms. The Labute approximate surface area is 227 Å². The second kappa shape index (κ2) is 11.0. The van der Waals surface area contributed by atoms with Gasteiger partial charge in [0.1, 0.15) is 11.4 Å². The molecule has 3 aromatic rings. The van der Waals surface area contributed by atoms with Gasteiger partial charge < -0.3 is 18.9 Å². The standard InChI is InChI=1S/C26H26Cl2F3N3O4/c1-14-8-17(38-26(29,30)31)11-20-22(14)16(13-33(20)2)10-18-19(27)12-32-24(23(18)28)25(36)34-6-4-15(5-7-34)9-21(35)37-3/h8,11-13,15H,4-7,9-10H2,1-3H3. The highest BCUT2D eigenvalue weighted by atomic mass is 35.5. The Balaban J connectivity index is 1.59. The molecule has 0 aliphatic carbocycles. The summed E-state index contributed by atoms with van der Waals surface area (Å²) < 4.78 is 48.8. The van der Waals surface area contributed by atoms with Crippen LogP contribution in [0.5, 0.6) is 5.75 Å². The Hall–Kier alpha value is -2.98. The molecule has 0 atom stereocenters. The molecule has 1 saturated heterocycles. The van der Waals surface area contributed by atoms with Crippen LogP contribution in [0.25, 0.3) is 10.9 Å². The van der Waals surface area contributed by atoms with Crippen LogP contribution in [0.3, 0.4) is 0 Å². The Morgan fingerprint density at radius 3 is 2.50 bits per heavy atom. The van der Waals surface area contributed by atoms with Crippen LogP contribution >= 0.6 is 23.2 Å². The van der Waals surface area contributed by atoms with Crippen molar-refractivity contribution >= 4 is 46.0 Å². The highest BCUT2D eigenvalue weighted by Crippen LogP contribution is 2.36. The number of likely N-dealkylation sites (tertiary alicyclic amines) is 1. The molecule has 0 radical (unpaired) electrons. The number of carbonyl (C=O) groups excluding carboxylic acids is 2. The molecule has 0 spiro atoms. The molecule has 204 valence electrons. The first kappa shape index (κ1) is 28.0. The summed E-state index contributed by atoms with van der Waals surface area (Å²) in [6, 6.07) is 2.65. The van der Waals surface area contributed by atoms with Gasteiger partial charge in [-0.3, -0.25) is 9.59 Å². The van der Waals surface area contributed by atoms with Crippen molar-refractivity contribution in [2.24, 2.45) is 13.0 Å². The van der Waals surface area contributed by atoms with Gasteiger partial charge in [-0.2, -0.15) is 0 Å². The molecule has 4 rings (SSSR count). The first-order chi connectivity index (χ1) is 17.9. The number of pyridine rings is 1. The number of aromatic nitrogens is 2. The predicted molar refractivity (Wildman–Crippen MR) is 137 cm³/mol. The van der Waals surface area contributed by atoms with Crippen molar-refractivity contribution in [2.75, 3.05) is 20.2 Å². The van der Waals surface area contributed by atoms with E-state index < -0.39 is 6.36 Å². The van der Waals surface area contributed by atoms with Crippen LogP contribution in [0.1, 0.15) is 46.4 Å². The maximum Gasteiger partial charge on any atom is 0.573 e. The Morgan fingerprint density at radius 2 is 1.87 bits per heavy atom. The molecule has 1 aromatic carbocycles. The minimum atomic E-state index is -4.80. The van der Waals surface area contributed by atoms with Gasteiger partial charge in [0.2, 0.25) is 0 Å². The molecule has 0 N–H and O–H groups in total. The number of halogens is 5. The average molecular weight is 572 g/mol. The zero-order valence-corrected chi connectivity index (χ0v) is 22.5. The monoisotopic (exact) mass is 571 g/mol. The zero-order chi connectivity index (χ0) is 27.8. The molecule has 0 unspecified atom stereocenters. The van der Waals surface area contributed by atoms with Gasteiger partial charge in [0.05, 0.1) is 22.7 Å².